The smallest absolute Gasteiger partial charge is 0.193 e. The van der Waals surface area contributed by atoms with E-state index in [9.17, 15) is 9.00 Å². The Balaban J connectivity index is 2.70. The second-order valence-corrected chi connectivity index (χ2v) is 6.44. The molecule has 0 saturated heterocycles. The largest absolute Gasteiger partial charge is 0.291 e. The average molecular weight is 225 g/mol. The number of pyridine rings is 1. The maximum Gasteiger partial charge on any atom is 0.193 e. The van der Waals surface area contributed by atoms with Crippen molar-refractivity contribution in [2.24, 2.45) is 0 Å². The van der Waals surface area contributed by atoms with Crippen molar-refractivity contribution in [2.45, 2.75) is 25.5 Å². The highest BCUT2D eigenvalue weighted by Gasteiger charge is 2.22. The van der Waals surface area contributed by atoms with E-state index in [0.717, 1.165) is 0 Å². The van der Waals surface area contributed by atoms with E-state index in [1.54, 1.807) is 24.4 Å². The van der Waals surface area contributed by atoms with Crippen molar-refractivity contribution in [3.63, 3.8) is 0 Å². The van der Waals surface area contributed by atoms with Crippen LogP contribution in [0, 0.1) is 0 Å². The van der Waals surface area contributed by atoms with E-state index in [1.807, 2.05) is 20.8 Å². The van der Waals surface area contributed by atoms with Crippen molar-refractivity contribution >= 4 is 16.6 Å². The molecule has 1 rings (SSSR count). The van der Waals surface area contributed by atoms with E-state index in [1.165, 1.54) is 0 Å². The van der Waals surface area contributed by atoms with Crippen molar-refractivity contribution in [1.82, 2.24) is 4.98 Å². The Morgan fingerprint density at radius 1 is 1.40 bits per heavy atom. The first-order valence-corrected chi connectivity index (χ1v) is 6.06. The first kappa shape index (κ1) is 12.0. The van der Waals surface area contributed by atoms with Crippen LogP contribution in [0.4, 0.5) is 0 Å². The third-order valence-corrected chi connectivity index (χ3v) is 3.79. The van der Waals surface area contributed by atoms with E-state index < -0.39 is 10.8 Å². The standard InChI is InChI=1S/C11H15NO2S/c1-11(2,3)15(14)8-10(13)9-6-4-5-7-12-9/h4-7H,8H2,1-3H3/t15-/m1/s1. The topological polar surface area (TPSA) is 47.0 Å². The molecule has 0 bridgehead atoms. The number of aromatic nitrogens is 1. The van der Waals surface area contributed by atoms with Gasteiger partial charge in [-0.2, -0.15) is 0 Å². The minimum Gasteiger partial charge on any atom is -0.291 e. The molecule has 0 radical (unpaired) electrons. The molecular formula is C11H15NO2S. The van der Waals surface area contributed by atoms with Gasteiger partial charge in [0.15, 0.2) is 5.78 Å². The number of carbonyl (C=O) groups excluding carboxylic acids is 1. The number of ketones is 1. The molecule has 1 atom stereocenters. The molecule has 15 heavy (non-hydrogen) atoms. The first-order chi connectivity index (χ1) is 6.91. The Morgan fingerprint density at radius 2 is 2.07 bits per heavy atom. The first-order valence-electron chi connectivity index (χ1n) is 4.74. The minimum absolute atomic E-state index is 0.0422. The van der Waals surface area contributed by atoms with Crippen molar-refractivity contribution in [3.05, 3.63) is 30.1 Å². The summed E-state index contributed by atoms with van der Waals surface area (Å²) in [5, 5.41) is 0. The van der Waals surface area contributed by atoms with Gasteiger partial charge in [0.25, 0.3) is 0 Å². The lowest BCUT2D eigenvalue weighted by molar-refractivity contribution is 0.101. The van der Waals surface area contributed by atoms with Gasteiger partial charge in [-0.25, -0.2) is 0 Å². The number of rotatable bonds is 3. The average Bonchev–Trinajstić information content (AvgIpc) is 2.17. The maximum atomic E-state index is 11.7. The van der Waals surface area contributed by atoms with E-state index in [-0.39, 0.29) is 16.3 Å². The third kappa shape index (κ3) is 3.55. The van der Waals surface area contributed by atoms with Gasteiger partial charge in [0, 0.05) is 21.7 Å². The van der Waals surface area contributed by atoms with Gasteiger partial charge < -0.3 is 0 Å². The van der Waals surface area contributed by atoms with Crippen LogP contribution in [0.25, 0.3) is 0 Å². The summed E-state index contributed by atoms with van der Waals surface area (Å²) in [6, 6.07) is 5.14. The molecule has 3 nitrogen and oxygen atoms in total. The Hall–Kier alpha value is -1.03. The lowest BCUT2D eigenvalue weighted by Crippen LogP contribution is -2.27. The molecule has 0 unspecified atom stereocenters. The van der Waals surface area contributed by atoms with Crippen LogP contribution < -0.4 is 0 Å². The molecule has 0 amide bonds. The Labute approximate surface area is 92.4 Å². The maximum absolute atomic E-state index is 11.7. The highest BCUT2D eigenvalue weighted by molar-refractivity contribution is 7.87. The zero-order valence-corrected chi connectivity index (χ0v) is 10.0. The second kappa shape index (κ2) is 4.66. The van der Waals surface area contributed by atoms with Gasteiger partial charge in [-0.3, -0.25) is 14.0 Å². The number of nitrogens with zero attached hydrogens (tertiary/aromatic N) is 1. The lowest BCUT2D eigenvalue weighted by atomic mass is 10.2. The summed E-state index contributed by atoms with van der Waals surface area (Å²) in [5.74, 6) is -0.121. The van der Waals surface area contributed by atoms with Crippen LogP contribution in [0.2, 0.25) is 0 Å². The van der Waals surface area contributed by atoms with Crippen LogP contribution in [-0.4, -0.2) is 25.5 Å². The predicted octanol–water partition coefficient (Wildman–Crippen LogP) is 1.81. The summed E-state index contributed by atoms with van der Waals surface area (Å²) < 4.78 is 11.4. The Kier molecular flexibility index (Phi) is 3.74. The molecule has 0 fully saturated rings. The molecular weight excluding hydrogens is 210 g/mol. The summed E-state index contributed by atoms with van der Waals surface area (Å²) in [4.78, 5) is 15.6. The molecule has 1 heterocycles. The summed E-state index contributed by atoms with van der Waals surface area (Å²) in [6.45, 7) is 5.57. The van der Waals surface area contributed by atoms with Crippen molar-refractivity contribution in [1.29, 1.82) is 0 Å². The normalized spacial score (nSPS) is 13.5. The summed E-state index contributed by atoms with van der Waals surface area (Å²) in [5.41, 5.74) is 0.384. The Morgan fingerprint density at radius 3 is 2.53 bits per heavy atom. The summed E-state index contributed by atoms with van der Waals surface area (Å²) in [7, 11) is -1.16. The highest BCUT2D eigenvalue weighted by atomic mass is 32.2. The molecule has 0 aliphatic rings. The van der Waals surface area contributed by atoms with Crippen molar-refractivity contribution < 1.29 is 9.00 Å². The predicted molar refractivity (Wildman–Crippen MR) is 61.3 cm³/mol. The zero-order valence-electron chi connectivity index (χ0n) is 9.19. The van der Waals surface area contributed by atoms with E-state index in [0.29, 0.717) is 5.69 Å². The van der Waals surface area contributed by atoms with Gasteiger partial charge in [-0.1, -0.05) is 6.07 Å². The molecule has 82 valence electrons. The fraction of sp³-hybridized carbons (Fsp3) is 0.455. The van der Waals surface area contributed by atoms with Crippen LogP contribution in [0.5, 0.6) is 0 Å². The van der Waals surface area contributed by atoms with Crippen LogP contribution >= 0.6 is 0 Å². The molecule has 1 aromatic rings. The second-order valence-electron chi connectivity index (χ2n) is 4.24. The summed E-state index contributed by atoms with van der Waals surface area (Å²) in [6.07, 6.45) is 1.56. The van der Waals surface area contributed by atoms with Crippen LogP contribution in [0.1, 0.15) is 31.3 Å². The van der Waals surface area contributed by atoms with Gasteiger partial charge >= 0.3 is 0 Å². The van der Waals surface area contributed by atoms with Crippen molar-refractivity contribution in [2.75, 3.05) is 5.75 Å². The van der Waals surface area contributed by atoms with Gasteiger partial charge in [0.05, 0.1) is 5.75 Å². The zero-order chi connectivity index (χ0) is 11.5. The monoisotopic (exact) mass is 225 g/mol. The summed E-state index contributed by atoms with van der Waals surface area (Å²) >= 11 is 0. The number of hydrogen-bond donors (Lipinski definition) is 0. The van der Waals surface area contributed by atoms with Gasteiger partial charge in [0.2, 0.25) is 0 Å². The van der Waals surface area contributed by atoms with E-state index in [4.69, 9.17) is 0 Å². The number of carbonyl (C=O) groups is 1. The third-order valence-electron chi connectivity index (χ3n) is 1.90. The fourth-order valence-electron chi connectivity index (χ4n) is 0.937. The molecule has 0 aromatic carbocycles. The molecule has 0 saturated carbocycles. The number of Topliss-reactive ketones (excluding diaryl/α,β-unsaturated/α-hetero) is 1. The van der Waals surface area contributed by atoms with Crippen LogP contribution in [-0.2, 0) is 10.8 Å². The van der Waals surface area contributed by atoms with Crippen LogP contribution in [0.3, 0.4) is 0 Å². The molecule has 1 aromatic heterocycles. The van der Waals surface area contributed by atoms with E-state index >= 15 is 0 Å². The molecule has 0 aliphatic carbocycles. The van der Waals surface area contributed by atoms with Gasteiger partial charge in [-0.15, -0.1) is 0 Å². The fourth-order valence-corrected chi connectivity index (χ4v) is 1.76. The highest BCUT2D eigenvalue weighted by Crippen LogP contribution is 2.12. The molecule has 0 spiro atoms. The molecule has 0 N–H and O–H groups in total. The van der Waals surface area contributed by atoms with Crippen molar-refractivity contribution in [3.8, 4) is 0 Å². The lowest BCUT2D eigenvalue weighted by Gasteiger charge is -2.16. The minimum atomic E-state index is -1.16. The Bertz CT molecular complexity index is 368. The van der Waals surface area contributed by atoms with Gasteiger partial charge in [-0.05, 0) is 32.9 Å². The molecule has 0 aliphatic heterocycles. The van der Waals surface area contributed by atoms with Crippen LogP contribution in [0.15, 0.2) is 24.4 Å². The molecule has 4 heteroatoms. The SMILES string of the molecule is CC(C)(C)[S@](=O)CC(=O)c1ccccn1. The van der Waals surface area contributed by atoms with Gasteiger partial charge in [0.1, 0.15) is 5.69 Å². The van der Waals surface area contributed by atoms with E-state index in [2.05, 4.69) is 4.98 Å². The quantitative estimate of drug-likeness (QED) is 0.737. The number of hydrogen-bond acceptors (Lipinski definition) is 3.